The number of fused-ring (bicyclic) bond motifs is 2. The van der Waals surface area contributed by atoms with Gasteiger partial charge in [-0.1, -0.05) is 32.4 Å². The number of unbranched alkanes of at least 4 members (excludes halogenated alkanes) is 2. The normalized spacial score (nSPS) is 15.3. The molecule has 1 fully saturated rings. The van der Waals surface area contributed by atoms with Gasteiger partial charge in [-0.05, 0) is 74.6 Å². The van der Waals surface area contributed by atoms with Crippen LogP contribution >= 0.6 is 0 Å². The Balaban J connectivity index is 0.936. The first-order valence-electron chi connectivity index (χ1n) is 25.6. The van der Waals surface area contributed by atoms with E-state index in [0.29, 0.717) is 122 Å². The van der Waals surface area contributed by atoms with Gasteiger partial charge in [0.15, 0.2) is 11.5 Å². The number of carbonyl (C=O) groups excluding carboxylic acids is 7. The van der Waals surface area contributed by atoms with Crippen molar-refractivity contribution >= 4 is 58.4 Å². The van der Waals surface area contributed by atoms with Crippen molar-refractivity contribution in [2.24, 2.45) is 11.7 Å². The standard InChI is InChI=1S/C53H66FN11O11/c1-33(2)48(61-44(66)9-5-4-6-22-64-46(67)16-17-47(64)68)51(70)60-41(8-7-21-56-52(55)71)50(69)59-35-12-10-34(11-13-35)32-76-53(72)65(31-36-28-42-43(30-57-36)75-27-26-74-42)37-18-23-63(24-19-37)25-20-38-39(54)29-58-40-14-15-45(73-3)62-49(38)40/h10-17,28-30,33,37,41,48H,4-9,18-27,31-32H2,1-3H3,(H,59,69)(H,60,70)(H,61,66)(H3,55,56,71). The van der Waals surface area contributed by atoms with E-state index in [4.69, 9.17) is 24.7 Å². The summed E-state index contributed by atoms with van der Waals surface area (Å²) >= 11 is 0. The molecule has 6 N–H and O–H groups in total. The van der Waals surface area contributed by atoms with Crippen LogP contribution in [-0.2, 0) is 48.3 Å². The Morgan fingerprint density at radius 2 is 1.62 bits per heavy atom. The number of piperidine rings is 1. The molecule has 4 aromatic rings. The average Bonchev–Trinajstić information content (AvgIpc) is 3.74. The summed E-state index contributed by atoms with van der Waals surface area (Å²) in [5, 5.41) is 10.9. The second-order valence-electron chi connectivity index (χ2n) is 19.1. The summed E-state index contributed by atoms with van der Waals surface area (Å²) in [6.45, 7) is 6.61. The Kier molecular flexibility index (Phi) is 19.8. The molecular weight excluding hydrogens is 986 g/mol. The Morgan fingerprint density at radius 1 is 0.882 bits per heavy atom. The monoisotopic (exact) mass is 1050 g/mol. The van der Waals surface area contributed by atoms with Crippen LogP contribution in [0.1, 0.15) is 82.0 Å². The van der Waals surface area contributed by atoms with Gasteiger partial charge in [-0.3, -0.25) is 43.7 Å². The molecule has 0 radical (unpaired) electrons. The van der Waals surface area contributed by atoms with Gasteiger partial charge in [0.25, 0.3) is 11.8 Å². The number of methoxy groups -OCH3 is 1. The predicted molar refractivity (Wildman–Crippen MR) is 275 cm³/mol. The van der Waals surface area contributed by atoms with Gasteiger partial charge < -0.3 is 50.8 Å². The van der Waals surface area contributed by atoms with Crippen molar-refractivity contribution in [1.29, 1.82) is 0 Å². The minimum absolute atomic E-state index is 0.0898. The summed E-state index contributed by atoms with van der Waals surface area (Å²) in [6.07, 6.45) is 8.41. The number of primary amides is 1. The van der Waals surface area contributed by atoms with Crippen molar-refractivity contribution in [3.05, 3.63) is 89.6 Å². The molecule has 406 valence electrons. The lowest BCUT2D eigenvalue weighted by molar-refractivity contribution is -0.137. The number of aromatic nitrogens is 3. The van der Waals surface area contributed by atoms with Gasteiger partial charge >= 0.3 is 12.1 Å². The van der Waals surface area contributed by atoms with Crippen LogP contribution < -0.4 is 41.2 Å². The number of nitrogens with zero attached hydrogens (tertiary/aromatic N) is 6. The number of rotatable bonds is 25. The molecule has 76 heavy (non-hydrogen) atoms. The number of nitrogens with one attached hydrogen (secondary N) is 4. The van der Waals surface area contributed by atoms with Crippen LogP contribution in [0, 0.1) is 11.7 Å². The van der Waals surface area contributed by atoms with E-state index < -0.39 is 41.8 Å². The molecule has 3 aromatic heterocycles. The number of nitrogens with two attached hydrogens (primary N) is 1. The maximum atomic E-state index is 15.1. The molecule has 6 heterocycles. The number of amides is 8. The molecule has 0 aliphatic carbocycles. The molecule has 1 saturated heterocycles. The van der Waals surface area contributed by atoms with Crippen LogP contribution in [0.4, 0.5) is 19.7 Å². The van der Waals surface area contributed by atoms with Gasteiger partial charge in [0.2, 0.25) is 23.6 Å². The number of hydrogen-bond acceptors (Lipinski definition) is 15. The van der Waals surface area contributed by atoms with Gasteiger partial charge in [0, 0.05) is 80.7 Å². The molecular formula is C53H66FN11O11. The van der Waals surface area contributed by atoms with E-state index in [9.17, 15) is 33.6 Å². The molecule has 8 amide bonds. The fourth-order valence-electron chi connectivity index (χ4n) is 9.10. The number of urea groups is 1. The smallest absolute Gasteiger partial charge is 0.410 e. The Labute approximate surface area is 439 Å². The Morgan fingerprint density at radius 3 is 2.33 bits per heavy atom. The van der Waals surface area contributed by atoms with Crippen LogP contribution in [0.3, 0.4) is 0 Å². The molecule has 1 aromatic carbocycles. The fourth-order valence-corrected chi connectivity index (χ4v) is 9.10. The Hall–Kier alpha value is -7.95. The zero-order valence-corrected chi connectivity index (χ0v) is 43.0. The van der Waals surface area contributed by atoms with Crippen molar-refractivity contribution in [2.45, 2.75) is 103 Å². The summed E-state index contributed by atoms with van der Waals surface area (Å²) in [5.41, 5.74) is 8.35. The van der Waals surface area contributed by atoms with E-state index in [2.05, 4.69) is 41.1 Å². The minimum atomic E-state index is -1.07. The summed E-state index contributed by atoms with van der Waals surface area (Å²) in [6, 6.07) is 8.90. The SMILES string of the molecule is COc1ccc2ncc(F)c(CCN3CCC(N(Cc4cc5c(cn4)OCCO5)C(=O)OCc4ccc(NC(=O)C(CCCNC(N)=O)NC(=O)C(NC(=O)CCCCCN5C(=O)C=CC5=O)C(C)C)cc4)CC3)c2n1. The lowest BCUT2D eigenvalue weighted by atomic mass is 10.0. The number of hydrogen-bond donors (Lipinski definition) is 5. The van der Waals surface area contributed by atoms with Crippen molar-refractivity contribution in [3.63, 3.8) is 0 Å². The largest absolute Gasteiger partial charge is 0.486 e. The molecule has 3 aliphatic heterocycles. The van der Waals surface area contributed by atoms with E-state index in [-0.39, 0.29) is 75.2 Å². The molecule has 23 heteroatoms. The fraction of sp³-hybridized carbons (Fsp3) is 0.472. The summed E-state index contributed by atoms with van der Waals surface area (Å²) in [5.74, 6) is -1.55. The average molecular weight is 1050 g/mol. The maximum Gasteiger partial charge on any atom is 0.410 e. The second-order valence-corrected chi connectivity index (χ2v) is 19.1. The van der Waals surface area contributed by atoms with Crippen LogP contribution in [0.2, 0.25) is 0 Å². The molecule has 22 nitrogen and oxygen atoms in total. The van der Waals surface area contributed by atoms with Crippen molar-refractivity contribution in [3.8, 4) is 17.4 Å². The van der Waals surface area contributed by atoms with Crippen LogP contribution in [-0.4, -0.2) is 142 Å². The van der Waals surface area contributed by atoms with Gasteiger partial charge in [-0.2, -0.15) is 0 Å². The van der Waals surface area contributed by atoms with Gasteiger partial charge in [0.05, 0.1) is 42.8 Å². The minimum Gasteiger partial charge on any atom is -0.486 e. The van der Waals surface area contributed by atoms with Gasteiger partial charge in [-0.25, -0.2) is 19.0 Å². The van der Waals surface area contributed by atoms with Crippen LogP contribution in [0.25, 0.3) is 11.0 Å². The highest BCUT2D eigenvalue weighted by Crippen LogP contribution is 2.31. The summed E-state index contributed by atoms with van der Waals surface area (Å²) in [4.78, 5) is 108. The number of imide groups is 1. The van der Waals surface area contributed by atoms with Crippen molar-refractivity contribution in [2.75, 3.05) is 58.4 Å². The summed E-state index contributed by atoms with van der Waals surface area (Å²) < 4.78 is 37.8. The van der Waals surface area contributed by atoms with E-state index in [1.165, 1.54) is 25.5 Å². The first-order valence-corrected chi connectivity index (χ1v) is 25.6. The summed E-state index contributed by atoms with van der Waals surface area (Å²) in [7, 11) is 1.51. The van der Waals surface area contributed by atoms with E-state index in [0.717, 1.165) is 4.90 Å². The lowest BCUT2D eigenvalue weighted by Crippen LogP contribution is -2.54. The Bertz CT molecular complexity index is 2740. The molecule has 2 atom stereocenters. The van der Waals surface area contributed by atoms with Crippen molar-refractivity contribution in [1.82, 2.24) is 45.6 Å². The zero-order valence-electron chi connectivity index (χ0n) is 43.0. The topological polar surface area (TPSA) is 279 Å². The van der Waals surface area contributed by atoms with E-state index in [1.807, 2.05) is 0 Å². The highest BCUT2D eigenvalue weighted by Gasteiger charge is 2.32. The molecule has 7 rings (SSSR count). The molecule has 0 saturated carbocycles. The third-order valence-electron chi connectivity index (χ3n) is 13.3. The highest BCUT2D eigenvalue weighted by atomic mass is 19.1. The van der Waals surface area contributed by atoms with E-state index >= 15 is 4.39 Å². The molecule has 3 aliphatic rings. The van der Waals surface area contributed by atoms with Crippen LogP contribution in [0.15, 0.2) is 67.0 Å². The van der Waals surface area contributed by atoms with Gasteiger partial charge in [0.1, 0.15) is 37.7 Å². The van der Waals surface area contributed by atoms with Gasteiger partial charge in [-0.15, -0.1) is 0 Å². The molecule has 0 bridgehead atoms. The second kappa shape index (κ2) is 27.0. The number of carbonyl (C=O) groups is 7. The number of benzene rings is 1. The van der Waals surface area contributed by atoms with E-state index in [1.54, 1.807) is 67.4 Å². The number of likely N-dealkylation sites (tertiary alicyclic amines) is 1. The first kappa shape index (κ1) is 55.8. The third-order valence-corrected chi connectivity index (χ3v) is 13.3. The van der Waals surface area contributed by atoms with Crippen LogP contribution in [0.5, 0.6) is 17.4 Å². The molecule has 0 spiro atoms. The predicted octanol–water partition coefficient (Wildman–Crippen LogP) is 4.29. The third kappa shape index (κ3) is 15.6. The highest BCUT2D eigenvalue weighted by molar-refractivity contribution is 6.12. The quantitative estimate of drug-likeness (QED) is 0.0458. The van der Waals surface area contributed by atoms with Crippen molar-refractivity contribution < 1.29 is 56.9 Å². The number of halogens is 1. The maximum absolute atomic E-state index is 15.1. The zero-order chi connectivity index (χ0) is 54.1. The first-order chi connectivity index (χ1) is 36.6. The number of pyridine rings is 3. The number of anilines is 1. The lowest BCUT2D eigenvalue weighted by Gasteiger charge is -2.38. The number of ether oxygens (including phenoxy) is 4. The molecule has 2 unspecified atom stereocenters.